The summed E-state index contributed by atoms with van der Waals surface area (Å²) in [6.07, 6.45) is 0.285. The van der Waals surface area contributed by atoms with Gasteiger partial charge in [0.05, 0.1) is 34.8 Å². The van der Waals surface area contributed by atoms with Crippen molar-refractivity contribution in [1.29, 1.82) is 0 Å². The van der Waals surface area contributed by atoms with Crippen molar-refractivity contribution in [1.82, 2.24) is 10.2 Å². The summed E-state index contributed by atoms with van der Waals surface area (Å²) < 4.78 is 39.8. The molecule has 0 aliphatic rings. The van der Waals surface area contributed by atoms with Crippen LogP contribution in [-0.4, -0.2) is 58.5 Å². The summed E-state index contributed by atoms with van der Waals surface area (Å²) in [5.74, 6) is -0.397. The van der Waals surface area contributed by atoms with E-state index in [-0.39, 0.29) is 40.2 Å². The first-order valence-electron chi connectivity index (χ1n) is 12.9. The minimum atomic E-state index is -4.28. The molecule has 0 unspecified atom stereocenters. The number of halogens is 2. The van der Waals surface area contributed by atoms with Crippen molar-refractivity contribution >= 4 is 50.7 Å². The predicted octanol–water partition coefficient (Wildman–Crippen LogP) is 5.15. The van der Waals surface area contributed by atoms with Gasteiger partial charge in [0.2, 0.25) is 11.8 Å². The fourth-order valence-electron chi connectivity index (χ4n) is 4.27. The van der Waals surface area contributed by atoms with Crippen LogP contribution in [0.15, 0.2) is 71.6 Å². The summed E-state index contributed by atoms with van der Waals surface area (Å²) >= 11 is 12.3. The maximum absolute atomic E-state index is 14.1. The van der Waals surface area contributed by atoms with Gasteiger partial charge in [0.25, 0.3) is 10.0 Å². The van der Waals surface area contributed by atoms with Crippen molar-refractivity contribution in [3.63, 3.8) is 0 Å². The van der Waals surface area contributed by atoms with Gasteiger partial charge in [-0.15, -0.1) is 0 Å². The lowest BCUT2D eigenvalue weighted by Gasteiger charge is -2.33. The molecule has 9 nitrogen and oxygen atoms in total. The largest absolute Gasteiger partial charge is 0.497 e. The van der Waals surface area contributed by atoms with E-state index in [1.54, 1.807) is 62.4 Å². The number of sulfonamides is 1. The first kappa shape index (κ1) is 32.0. The monoisotopic (exact) mass is 621 g/mol. The van der Waals surface area contributed by atoms with Gasteiger partial charge in [0.1, 0.15) is 24.1 Å². The van der Waals surface area contributed by atoms with Crippen molar-refractivity contribution in [3.05, 3.63) is 82.3 Å². The fraction of sp³-hybridized carbons (Fsp3) is 0.310. The van der Waals surface area contributed by atoms with Crippen molar-refractivity contribution < 1.29 is 27.5 Å². The van der Waals surface area contributed by atoms with Crippen LogP contribution in [0.2, 0.25) is 10.0 Å². The quantitative estimate of drug-likeness (QED) is 0.283. The molecule has 0 spiro atoms. The zero-order valence-corrected chi connectivity index (χ0v) is 25.6. The molecule has 41 heavy (non-hydrogen) atoms. The number of carbonyl (C=O) groups is 2. The molecule has 3 aromatic carbocycles. The summed E-state index contributed by atoms with van der Waals surface area (Å²) in [6.45, 7) is 3.27. The lowest BCUT2D eigenvalue weighted by atomic mass is 10.1. The molecule has 2 amide bonds. The Morgan fingerprint density at radius 3 is 2.22 bits per heavy atom. The van der Waals surface area contributed by atoms with Crippen LogP contribution >= 0.6 is 23.2 Å². The molecule has 0 saturated heterocycles. The van der Waals surface area contributed by atoms with E-state index >= 15 is 0 Å². The summed E-state index contributed by atoms with van der Waals surface area (Å²) in [5.41, 5.74) is 0.719. The number of likely N-dealkylation sites (N-methyl/N-ethyl adjacent to an activating group) is 1. The molecule has 3 rings (SSSR count). The standard InChI is InChI=1S/C29H33Cl2N3O6S/c1-5-25(29(36)32-6-2)33(18-20-12-14-23(30)24(31)16-20)28(35)19-34(41(37,38)22-10-8-7-9-11-22)26-17-21(39-3)13-15-27(26)40-4/h7-17,25H,5-6,18-19H2,1-4H3,(H,32,36)/t25-/m0/s1. The predicted molar refractivity (Wildman–Crippen MR) is 160 cm³/mol. The van der Waals surface area contributed by atoms with Gasteiger partial charge in [0, 0.05) is 19.2 Å². The van der Waals surface area contributed by atoms with E-state index in [0.717, 1.165) is 4.31 Å². The van der Waals surface area contributed by atoms with Crippen LogP contribution in [-0.2, 0) is 26.2 Å². The van der Waals surface area contributed by atoms with E-state index in [1.165, 1.54) is 37.3 Å². The Labute approximate surface area is 251 Å². The van der Waals surface area contributed by atoms with E-state index in [1.807, 2.05) is 0 Å². The molecule has 12 heteroatoms. The number of hydrogen-bond acceptors (Lipinski definition) is 6. The van der Waals surface area contributed by atoms with Gasteiger partial charge >= 0.3 is 0 Å². The molecule has 0 aromatic heterocycles. The fourth-order valence-corrected chi connectivity index (χ4v) is 6.03. The molecule has 0 aliphatic carbocycles. The highest BCUT2D eigenvalue weighted by Gasteiger charge is 2.35. The SMILES string of the molecule is CCNC(=O)[C@H](CC)N(Cc1ccc(Cl)c(Cl)c1)C(=O)CN(c1cc(OC)ccc1OC)S(=O)(=O)c1ccccc1. The number of rotatable bonds is 13. The molecule has 3 aromatic rings. The van der Waals surface area contributed by atoms with Crippen LogP contribution in [0.25, 0.3) is 0 Å². The number of nitrogens with zero attached hydrogens (tertiary/aromatic N) is 2. The average molecular weight is 623 g/mol. The Kier molecular flexibility index (Phi) is 11.3. The Balaban J connectivity index is 2.15. The van der Waals surface area contributed by atoms with Crippen LogP contribution in [0, 0.1) is 0 Å². The maximum atomic E-state index is 14.1. The second kappa shape index (κ2) is 14.4. The summed E-state index contributed by atoms with van der Waals surface area (Å²) in [4.78, 5) is 28.5. The number of benzene rings is 3. The normalized spacial score (nSPS) is 11.9. The third kappa shape index (κ3) is 7.63. The Bertz CT molecular complexity index is 1470. The second-order valence-corrected chi connectivity index (χ2v) is 11.6. The number of nitrogens with one attached hydrogen (secondary N) is 1. The highest BCUT2D eigenvalue weighted by Crippen LogP contribution is 2.36. The first-order valence-corrected chi connectivity index (χ1v) is 15.1. The summed E-state index contributed by atoms with van der Waals surface area (Å²) in [5, 5.41) is 3.40. The molecule has 0 heterocycles. The maximum Gasteiger partial charge on any atom is 0.264 e. The van der Waals surface area contributed by atoms with Crippen LogP contribution in [0.5, 0.6) is 11.5 Å². The van der Waals surface area contributed by atoms with Gasteiger partial charge in [-0.3, -0.25) is 13.9 Å². The molecule has 0 bridgehead atoms. The van der Waals surface area contributed by atoms with Gasteiger partial charge in [-0.05, 0) is 55.3 Å². The lowest BCUT2D eigenvalue weighted by Crippen LogP contribution is -2.52. The molecular formula is C29H33Cl2N3O6S. The molecule has 0 radical (unpaired) electrons. The highest BCUT2D eigenvalue weighted by atomic mass is 35.5. The zero-order chi connectivity index (χ0) is 30.2. The van der Waals surface area contributed by atoms with Crippen LogP contribution in [0.4, 0.5) is 5.69 Å². The van der Waals surface area contributed by atoms with Gasteiger partial charge in [-0.1, -0.05) is 54.4 Å². The number of ether oxygens (including phenoxy) is 2. The topological polar surface area (TPSA) is 105 Å². The molecule has 1 N–H and O–H groups in total. The summed E-state index contributed by atoms with van der Waals surface area (Å²) in [7, 11) is -1.43. The first-order chi connectivity index (χ1) is 19.6. The Morgan fingerprint density at radius 1 is 0.927 bits per heavy atom. The Hall–Kier alpha value is -3.47. The molecule has 220 valence electrons. The van der Waals surface area contributed by atoms with E-state index in [9.17, 15) is 18.0 Å². The molecule has 0 aliphatic heterocycles. The van der Waals surface area contributed by atoms with Crippen molar-refractivity contribution in [2.24, 2.45) is 0 Å². The molecule has 0 saturated carbocycles. The van der Waals surface area contributed by atoms with E-state index < -0.39 is 28.5 Å². The minimum absolute atomic E-state index is 0.0141. The molecule has 1 atom stereocenters. The van der Waals surface area contributed by atoms with Gasteiger partial charge in [-0.2, -0.15) is 0 Å². The van der Waals surface area contributed by atoms with Crippen molar-refractivity contribution in [2.75, 3.05) is 31.6 Å². The van der Waals surface area contributed by atoms with Crippen LogP contribution < -0.4 is 19.1 Å². The van der Waals surface area contributed by atoms with E-state index in [0.29, 0.717) is 22.9 Å². The van der Waals surface area contributed by atoms with Gasteiger partial charge in [-0.25, -0.2) is 8.42 Å². The number of carbonyl (C=O) groups excluding carboxylic acids is 2. The van der Waals surface area contributed by atoms with Crippen LogP contribution in [0.3, 0.4) is 0 Å². The third-order valence-electron chi connectivity index (χ3n) is 6.34. The average Bonchev–Trinajstić information content (AvgIpc) is 2.97. The molecule has 0 fully saturated rings. The minimum Gasteiger partial charge on any atom is -0.497 e. The van der Waals surface area contributed by atoms with Crippen LogP contribution in [0.1, 0.15) is 25.8 Å². The Morgan fingerprint density at radius 2 is 1.63 bits per heavy atom. The number of anilines is 1. The number of amides is 2. The van der Waals surface area contributed by atoms with E-state index in [4.69, 9.17) is 32.7 Å². The number of methoxy groups -OCH3 is 2. The summed E-state index contributed by atoms with van der Waals surface area (Å²) in [6, 6.07) is 16.4. The van der Waals surface area contributed by atoms with E-state index in [2.05, 4.69) is 5.32 Å². The second-order valence-electron chi connectivity index (χ2n) is 8.95. The molecular weight excluding hydrogens is 589 g/mol. The smallest absolute Gasteiger partial charge is 0.264 e. The lowest BCUT2D eigenvalue weighted by molar-refractivity contribution is -0.140. The van der Waals surface area contributed by atoms with Gasteiger partial charge < -0.3 is 19.7 Å². The zero-order valence-electron chi connectivity index (χ0n) is 23.3. The van der Waals surface area contributed by atoms with Crippen molar-refractivity contribution in [3.8, 4) is 11.5 Å². The van der Waals surface area contributed by atoms with Gasteiger partial charge in [0.15, 0.2) is 0 Å². The number of hydrogen-bond donors (Lipinski definition) is 1. The highest BCUT2D eigenvalue weighted by molar-refractivity contribution is 7.92. The van der Waals surface area contributed by atoms with Crippen molar-refractivity contribution in [2.45, 2.75) is 37.8 Å². The third-order valence-corrected chi connectivity index (χ3v) is 8.85.